The van der Waals surface area contributed by atoms with Gasteiger partial charge in [-0.1, -0.05) is 41.9 Å². The standard InChI is InChI=1S/C22H19ClN2O5/c1-3-10-25-21(27)16(20(26)24-22(25)28)11-14-8-9-18(19(12-14)29-2)30-13-15-6-4-5-7-17(15)23/h3-9,11-12H,1,10,13H2,2H3,(H,24,26,28)/b16-11+. The molecule has 0 unspecified atom stereocenters. The van der Waals surface area contributed by atoms with E-state index in [9.17, 15) is 14.4 Å². The van der Waals surface area contributed by atoms with Crippen LogP contribution in [-0.4, -0.2) is 36.4 Å². The Morgan fingerprint density at radius 3 is 2.60 bits per heavy atom. The molecule has 0 aliphatic carbocycles. The lowest BCUT2D eigenvalue weighted by atomic mass is 10.1. The van der Waals surface area contributed by atoms with Crippen LogP contribution in [0, 0.1) is 0 Å². The SMILES string of the molecule is C=CCN1C(=O)NC(=O)/C(=C\c2ccc(OCc3ccccc3Cl)c(OC)c2)C1=O. The van der Waals surface area contributed by atoms with E-state index >= 15 is 0 Å². The molecule has 0 saturated carbocycles. The Hall–Kier alpha value is -3.58. The fourth-order valence-electron chi connectivity index (χ4n) is 2.82. The summed E-state index contributed by atoms with van der Waals surface area (Å²) in [5.41, 5.74) is 1.19. The van der Waals surface area contributed by atoms with E-state index in [2.05, 4.69) is 11.9 Å². The summed E-state index contributed by atoms with van der Waals surface area (Å²) in [7, 11) is 1.48. The first-order valence-electron chi connectivity index (χ1n) is 8.98. The molecule has 1 fully saturated rings. The first-order valence-corrected chi connectivity index (χ1v) is 9.36. The second-order valence-corrected chi connectivity index (χ2v) is 6.72. The van der Waals surface area contributed by atoms with Crippen LogP contribution in [0.4, 0.5) is 4.79 Å². The lowest BCUT2D eigenvalue weighted by molar-refractivity contribution is -0.129. The zero-order chi connectivity index (χ0) is 21.7. The summed E-state index contributed by atoms with van der Waals surface area (Å²) >= 11 is 6.15. The highest BCUT2D eigenvalue weighted by atomic mass is 35.5. The van der Waals surface area contributed by atoms with Gasteiger partial charge in [-0.3, -0.25) is 19.8 Å². The second-order valence-electron chi connectivity index (χ2n) is 6.31. The van der Waals surface area contributed by atoms with E-state index in [0.29, 0.717) is 22.1 Å². The van der Waals surface area contributed by atoms with Crippen LogP contribution >= 0.6 is 11.6 Å². The highest BCUT2D eigenvalue weighted by molar-refractivity contribution is 6.31. The summed E-state index contributed by atoms with van der Waals surface area (Å²) in [6.45, 7) is 3.75. The minimum absolute atomic E-state index is 0.00652. The Morgan fingerprint density at radius 2 is 1.90 bits per heavy atom. The third kappa shape index (κ3) is 4.52. The number of halogens is 1. The number of hydrogen-bond donors (Lipinski definition) is 1. The Kier molecular flexibility index (Phi) is 6.54. The molecular weight excluding hydrogens is 408 g/mol. The topological polar surface area (TPSA) is 84.9 Å². The van der Waals surface area contributed by atoms with Crippen molar-refractivity contribution in [1.82, 2.24) is 10.2 Å². The van der Waals surface area contributed by atoms with Crippen LogP contribution in [0.25, 0.3) is 6.08 Å². The molecule has 8 heteroatoms. The van der Waals surface area contributed by atoms with Gasteiger partial charge in [0.15, 0.2) is 11.5 Å². The maximum Gasteiger partial charge on any atom is 0.331 e. The van der Waals surface area contributed by atoms with E-state index in [1.54, 1.807) is 24.3 Å². The van der Waals surface area contributed by atoms with E-state index in [1.807, 2.05) is 18.2 Å². The van der Waals surface area contributed by atoms with Gasteiger partial charge in [-0.2, -0.15) is 0 Å². The average molecular weight is 427 g/mol. The van der Waals surface area contributed by atoms with Gasteiger partial charge in [0.2, 0.25) is 0 Å². The first kappa shape index (κ1) is 21.1. The Morgan fingerprint density at radius 1 is 1.13 bits per heavy atom. The van der Waals surface area contributed by atoms with E-state index in [4.69, 9.17) is 21.1 Å². The maximum atomic E-state index is 12.5. The summed E-state index contributed by atoms with van der Waals surface area (Å²) in [6.07, 6.45) is 2.79. The third-order valence-electron chi connectivity index (χ3n) is 4.34. The second kappa shape index (κ2) is 9.28. The van der Waals surface area contributed by atoms with Gasteiger partial charge in [-0.25, -0.2) is 4.79 Å². The van der Waals surface area contributed by atoms with E-state index < -0.39 is 17.8 Å². The van der Waals surface area contributed by atoms with Crippen LogP contribution in [-0.2, 0) is 16.2 Å². The summed E-state index contributed by atoms with van der Waals surface area (Å²) in [5, 5.41) is 2.74. The lowest BCUT2D eigenvalue weighted by Crippen LogP contribution is -2.54. The Bertz CT molecular complexity index is 1050. The molecule has 30 heavy (non-hydrogen) atoms. The molecule has 4 amide bonds. The maximum absolute atomic E-state index is 12.5. The Balaban J connectivity index is 1.84. The van der Waals surface area contributed by atoms with Gasteiger partial charge in [0.25, 0.3) is 11.8 Å². The first-order chi connectivity index (χ1) is 14.4. The number of nitrogens with zero attached hydrogens (tertiary/aromatic N) is 1. The number of urea groups is 1. The summed E-state index contributed by atoms with van der Waals surface area (Å²) in [4.78, 5) is 37.4. The van der Waals surface area contributed by atoms with Crippen molar-refractivity contribution in [3.63, 3.8) is 0 Å². The van der Waals surface area contributed by atoms with Gasteiger partial charge >= 0.3 is 6.03 Å². The molecule has 1 N–H and O–H groups in total. The molecule has 2 aromatic carbocycles. The van der Waals surface area contributed by atoms with Gasteiger partial charge in [-0.05, 0) is 29.8 Å². The third-order valence-corrected chi connectivity index (χ3v) is 4.71. The molecule has 1 aliphatic rings. The number of amides is 4. The highest BCUT2D eigenvalue weighted by Gasteiger charge is 2.34. The van der Waals surface area contributed by atoms with Crippen LogP contribution in [0.15, 0.2) is 60.7 Å². The van der Waals surface area contributed by atoms with Crippen molar-refractivity contribution in [3.05, 3.63) is 76.8 Å². The van der Waals surface area contributed by atoms with Crippen LogP contribution in [0.1, 0.15) is 11.1 Å². The number of benzene rings is 2. The van der Waals surface area contributed by atoms with Crippen molar-refractivity contribution in [2.24, 2.45) is 0 Å². The molecule has 0 radical (unpaired) electrons. The molecule has 7 nitrogen and oxygen atoms in total. The average Bonchev–Trinajstić information content (AvgIpc) is 2.74. The molecular formula is C22H19ClN2O5. The predicted molar refractivity (Wildman–Crippen MR) is 112 cm³/mol. The lowest BCUT2D eigenvalue weighted by Gasteiger charge is -2.25. The van der Waals surface area contributed by atoms with Crippen molar-refractivity contribution < 1.29 is 23.9 Å². The van der Waals surface area contributed by atoms with E-state index in [-0.39, 0.29) is 18.7 Å². The minimum Gasteiger partial charge on any atom is -0.493 e. The molecule has 0 aromatic heterocycles. The van der Waals surface area contributed by atoms with Crippen molar-refractivity contribution in [2.45, 2.75) is 6.61 Å². The zero-order valence-electron chi connectivity index (χ0n) is 16.2. The molecule has 154 valence electrons. The molecule has 1 saturated heterocycles. The van der Waals surface area contributed by atoms with Crippen LogP contribution in [0.3, 0.4) is 0 Å². The molecule has 3 rings (SSSR count). The highest BCUT2D eigenvalue weighted by Crippen LogP contribution is 2.30. The quantitative estimate of drug-likeness (QED) is 0.415. The summed E-state index contributed by atoms with van der Waals surface area (Å²) < 4.78 is 11.2. The number of carbonyl (C=O) groups excluding carboxylic acids is 3. The number of ether oxygens (including phenoxy) is 2. The molecule has 1 heterocycles. The number of barbiturate groups is 1. The molecule has 2 aromatic rings. The van der Waals surface area contributed by atoms with E-state index in [0.717, 1.165) is 10.5 Å². The number of rotatable bonds is 7. The number of nitrogens with one attached hydrogen (secondary N) is 1. The van der Waals surface area contributed by atoms with Crippen molar-refractivity contribution in [3.8, 4) is 11.5 Å². The zero-order valence-corrected chi connectivity index (χ0v) is 16.9. The molecule has 0 spiro atoms. The van der Waals surface area contributed by atoms with Gasteiger partial charge in [0.1, 0.15) is 12.2 Å². The van der Waals surface area contributed by atoms with Gasteiger partial charge < -0.3 is 9.47 Å². The fourth-order valence-corrected chi connectivity index (χ4v) is 3.01. The summed E-state index contributed by atoms with van der Waals surface area (Å²) in [6, 6.07) is 11.5. The van der Waals surface area contributed by atoms with Crippen molar-refractivity contribution in [2.75, 3.05) is 13.7 Å². The number of carbonyl (C=O) groups is 3. The normalized spacial score (nSPS) is 15.2. The number of hydrogen-bond acceptors (Lipinski definition) is 5. The predicted octanol–water partition coefficient (Wildman–Crippen LogP) is 3.58. The fraction of sp³-hybridized carbons (Fsp3) is 0.136. The van der Waals surface area contributed by atoms with Crippen molar-refractivity contribution >= 4 is 35.5 Å². The van der Waals surface area contributed by atoms with Gasteiger partial charge in [0.05, 0.1) is 7.11 Å². The smallest absolute Gasteiger partial charge is 0.331 e. The number of imide groups is 2. The monoisotopic (exact) mass is 426 g/mol. The minimum atomic E-state index is -0.775. The largest absolute Gasteiger partial charge is 0.493 e. The van der Waals surface area contributed by atoms with E-state index in [1.165, 1.54) is 19.3 Å². The molecule has 1 aliphatic heterocycles. The van der Waals surface area contributed by atoms with Gasteiger partial charge in [-0.15, -0.1) is 6.58 Å². The molecule has 0 atom stereocenters. The van der Waals surface area contributed by atoms with Crippen LogP contribution in [0.2, 0.25) is 5.02 Å². The molecule has 0 bridgehead atoms. The van der Waals surface area contributed by atoms with Crippen molar-refractivity contribution in [1.29, 1.82) is 0 Å². The van der Waals surface area contributed by atoms with Crippen LogP contribution in [0.5, 0.6) is 11.5 Å². The van der Waals surface area contributed by atoms with Crippen LogP contribution < -0.4 is 14.8 Å². The number of methoxy groups -OCH3 is 1. The summed E-state index contributed by atoms with van der Waals surface area (Å²) in [5.74, 6) is -0.563. The Labute approximate surface area is 178 Å². The van der Waals surface area contributed by atoms with Gasteiger partial charge in [0, 0.05) is 17.1 Å².